The number of nitrogens with zero attached hydrogens (tertiary/aromatic N) is 1. The topological polar surface area (TPSA) is 92.2 Å². The van der Waals surface area contributed by atoms with E-state index in [1.807, 2.05) is 0 Å². The van der Waals surface area contributed by atoms with Gasteiger partial charge in [-0.05, 0) is 29.1 Å². The van der Waals surface area contributed by atoms with E-state index in [0.717, 1.165) is 4.57 Å². The summed E-state index contributed by atoms with van der Waals surface area (Å²) in [7, 11) is 0. The van der Waals surface area contributed by atoms with E-state index in [-0.39, 0.29) is 12.0 Å². The quantitative estimate of drug-likeness (QED) is 0.764. The smallest absolute Gasteiger partial charge is 0.333 e. The Hall–Kier alpha value is -2.67. The van der Waals surface area contributed by atoms with Gasteiger partial charge in [-0.1, -0.05) is 12.1 Å². The summed E-state index contributed by atoms with van der Waals surface area (Å²) in [5.74, 6) is -0.933. The first-order chi connectivity index (χ1) is 10.1. The average molecular weight is 302 g/mol. The minimum absolute atomic E-state index is 0.102. The molecule has 0 aliphatic carbocycles. The van der Waals surface area contributed by atoms with E-state index in [0.29, 0.717) is 21.5 Å². The lowest BCUT2D eigenvalue weighted by Gasteiger charge is -2.05. The molecule has 3 aromatic rings. The van der Waals surface area contributed by atoms with Crippen LogP contribution < -0.4 is 11.2 Å². The number of H-pyrrole nitrogens is 1. The van der Waals surface area contributed by atoms with Gasteiger partial charge in [0.15, 0.2) is 0 Å². The highest BCUT2D eigenvalue weighted by atomic mass is 32.1. The highest BCUT2D eigenvalue weighted by Crippen LogP contribution is 2.14. The van der Waals surface area contributed by atoms with Crippen LogP contribution in [-0.4, -0.2) is 20.6 Å². The van der Waals surface area contributed by atoms with Crippen LogP contribution in [0.25, 0.3) is 15.9 Å². The van der Waals surface area contributed by atoms with Gasteiger partial charge >= 0.3 is 11.7 Å². The number of aromatic nitrogens is 2. The molecular formula is C14H10N2O4S. The second-order valence-corrected chi connectivity index (χ2v) is 5.39. The Bertz CT molecular complexity index is 934. The Morgan fingerprint density at radius 2 is 1.90 bits per heavy atom. The number of thiophene rings is 1. The van der Waals surface area contributed by atoms with Crippen LogP contribution in [0.5, 0.6) is 0 Å². The van der Waals surface area contributed by atoms with Crippen molar-refractivity contribution in [2.45, 2.75) is 6.42 Å². The van der Waals surface area contributed by atoms with Gasteiger partial charge in [0.2, 0.25) is 0 Å². The molecule has 21 heavy (non-hydrogen) atoms. The highest BCUT2D eigenvalue weighted by Gasteiger charge is 2.10. The van der Waals surface area contributed by atoms with Crippen LogP contribution in [0.2, 0.25) is 0 Å². The third kappa shape index (κ3) is 2.38. The lowest BCUT2D eigenvalue weighted by atomic mass is 10.1. The fourth-order valence-corrected chi connectivity index (χ4v) is 2.89. The Morgan fingerprint density at radius 1 is 1.19 bits per heavy atom. The van der Waals surface area contributed by atoms with Gasteiger partial charge in [0.1, 0.15) is 4.70 Å². The van der Waals surface area contributed by atoms with E-state index < -0.39 is 11.7 Å². The molecule has 0 aliphatic rings. The van der Waals surface area contributed by atoms with Gasteiger partial charge in [-0.25, -0.2) is 9.36 Å². The van der Waals surface area contributed by atoms with E-state index in [4.69, 9.17) is 5.11 Å². The van der Waals surface area contributed by atoms with Crippen molar-refractivity contribution in [3.63, 3.8) is 0 Å². The largest absolute Gasteiger partial charge is 0.481 e. The Balaban J connectivity index is 2.14. The fraction of sp³-hybridized carbons (Fsp3) is 0.0714. The molecule has 0 bridgehead atoms. The summed E-state index contributed by atoms with van der Waals surface area (Å²) in [6.45, 7) is 0. The monoisotopic (exact) mass is 302 g/mol. The maximum absolute atomic E-state index is 12.3. The Morgan fingerprint density at radius 3 is 2.57 bits per heavy atom. The lowest BCUT2D eigenvalue weighted by molar-refractivity contribution is -0.136. The summed E-state index contributed by atoms with van der Waals surface area (Å²) >= 11 is 1.26. The molecule has 0 spiro atoms. The van der Waals surface area contributed by atoms with E-state index in [9.17, 15) is 14.4 Å². The number of carbonyl (C=O) groups is 1. The molecule has 2 aromatic heterocycles. The number of hydrogen-bond acceptors (Lipinski definition) is 4. The van der Waals surface area contributed by atoms with Crippen molar-refractivity contribution in [1.29, 1.82) is 0 Å². The van der Waals surface area contributed by atoms with Gasteiger partial charge in [-0.15, -0.1) is 11.3 Å². The Labute approximate surface area is 121 Å². The van der Waals surface area contributed by atoms with Gasteiger partial charge in [0.05, 0.1) is 17.6 Å². The third-order valence-electron chi connectivity index (χ3n) is 3.06. The van der Waals surface area contributed by atoms with Crippen LogP contribution in [0.3, 0.4) is 0 Å². The van der Waals surface area contributed by atoms with Crippen LogP contribution in [0.15, 0.2) is 45.3 Å². The summed E-state index contributed by atoms with van der Waals surface area (Å²) < 4.78 is 1.52. The molecule has 0 saturated carbocycles. The first kappa shape index (κ1) is 13.3. The predicted octanol–water partition coefficient (Wildman–Crippen LogP) is 1.37. The SMILES string of the molecule is O=C(O)Cc1ccc(-n2c(=O)[nH]c3ccsc3c2=O)cc1. The van der Waals surface area contributed by atoms with Gasteiger partial charge in [0, 0.05) is 0 Å². The number of aliphatic carboxylic acids is 1. The zero-order chi connectivity index (χ0) is 15.0. The molecule has 2 heterocycles. The maximum Gasteiger partial charge on any atom is 0.333 e. The van der Waals surface area contributed by atoms with Gasteiger partial charge < -0.3 is 10.1 Å². The van der Waals surface area contributed by atoms with Crippen molar-refractivity contribution in [2.24, 2.45) is 0 Å². The maximum atomic E-state index is 12.3. The van der Waals surface area contributed by atoms with E-state index in [1.165, 1.54) is 11.3 Å². The van der Waals surface area contributed by atoms with Gasteiger partial charge in [0.25, 0.3) is 5.56 Å². The standard InChI is InChI=1S/C14H10N2O4S/c17-11(18)7-8-1-3-9(4-2-8)16-13(19)12-10(5-6-21-12)15-14(16)20/h1-6H,7H2,(H,15,20)(H,17,18). The molecular weight excluding hydrogens is 292 g/mol. The number of aromatic amines is 1. The molecule has 106 valence electrons. The number of rotatable bonds is 3. The zero-order valence-corrected chi connectivity index (χ0v) is 11.5. The van der Waals surface area contributed by atoms with Crippen molar-refractivity contribution < 1.29 is 9.90 Å². The number of fused-ring (bicyclic) bond motifs is 1. The molecule has 0 saturated heterocycles. The first-order valence-corrected chi connectivity index (χ1v) is 6.98. The van der Waals surface area contributed by atoms with Crippen LogP contribution >= 0.6 is 11.3 Å². The highest BCUT2D eigenvalue weighted by molar-refractivity contribution is 7.17. The fourth-order valence-electron chi connectivity index (χ4n) is 2.11. The van der Waals surface area contributed by atoms with Crippen molar-refractivity contribution in [3.8, 4) is 5.69 Å². The van der Waals surface area contributed by atoms with Gasteiger partial charge in [-0.2, -0.15) is 0 Å². The Kier molecular flexibility index (Phi) is 3.19. The van der Waals surface area contributed by atoms with Crippen molar-refractivity contribution in [2.75, 3.05) is 0 Å². The van der Waals surface area contributed by atoms with Gasteiger partial charge in [-0.3, -0.25) is 9.59 Å². The number of carboxylic acids is 1. The molecule has 1 aromatic carbocycles. The number of nitrogens with one attached hydrogen (secondary N) is 1. The second kappa shape index (κ2) is 5.02. The minimum atomic E-state index is -0.933. The molecule has 0 atom stereocenters. The van der Waals surface area contributed by atoms with Crippen LogP contribution in [0.1, 0.15) is 5.56 Å². The molecule has 0 aliphatic heterocycles. The molecule has 0 fully saturated rings. The lowest BCUT2D eigenvalue weighted by Crippen LogP contribution is -2.32. The second-order valence-electron chi connectivity index (χ2n) is 4.47. The van der Waals surface area contributed by atoms with Crippen molar-refractivity contribution in [1.82, 2.24) is 9.55 Å². The molecule has 6 nitrogen and oxygen atoms in total. The summed E-state index contributed by atoms with van der Waals surface area (Å²) in [6, 6.07) is 7.99. The summed E-state index contributed by atoms with van der Waals surface area (Å²) in [5, 5.41) is 10.5. The first-order valence-electron chi connectivity index (χ1n) is 6.10. The van der Waals surface area contributed by atoms with E-state index in [1.54, 1.807) is 35.7 Å². The third-order valence-corrected chi connectivity index (χ3v) is 3.96. The summed E-state index contributed by atoms with van der Waals surface area (Å²) in [6.07, 6.45) is -0.102. The van der Waals surface area contributed by atoms with Crippen molar-refractivity contribution >= 4 is 27.5 Å². The molecule has 0 unspecified atom stereocenters. The molecule has 7 heteroatoms. The predicted molar refractivity (Wildman–Crippen MR) is 79.4 cm³/mol. The number of carboxylic acid groups (broad SMARTS) is 1. The minimum Gasteiger partial charge on any atom is -0.481 e. The molecule has 0 amide bonds. The number of benzene rings is 1. The number of hydrogen-bond donors (Lipinski definition) is 2. The van der Waals surface area contributed by atoms with Crippen LogP contribution in [0.4, 0.5) is 0 Å². The normalized spacial score (nSPS) is 10.9. The molecule has 2 N–H and O–H groups in total. The summed E-state index contributed by atoms with van der Waals surface area (Å²) in [4.78, 5) is 37.7. The van der Waals surface area contributed by atoms with E-state index in [2.05, 4.69) is 4.98 Å². The van der Waals surface area contributed by atoms with E-state index >= 15 is 0 Å². The molecule has 0 radical (unpaired) electrons. The van der Waals surface area contributed by atoms with Crippen LogP contribution in [-0.2, 0) is 11.2 Å². The summed E-state index contributed by atoms with van der Waals surface area (Å²) in [5.41, 5.74) is 0.638. The average Bonchev–Trinajstić information content (AvgIpc) is 2.88. The van der Waals surface area contributed by atoms with Crippen LogP contribution in [0, 0.1) is 0 Å². The van der Waals surface area contributed by atoms with Crippen molar-refractivity contribution in [3.05, 3.63) is 62.1 Å². The molecule has 3 rings (SSSR count). The zero-order valence-electron chi connectivity index (χ0n) is 10.7.